The molecule has 2 aliphatic rings. The van der Waals surface area contributed by atoms with Gasteiger partial charge in [0.1, 0.15) is 4.21 Å². The Morgan fingerprint density at radius 1 is 1.19 bits per heavy atom. The number of ether oxygens (including phenoxy) is 3. The molecule has 1 aromatic carbocycles. The number of carbonyl (C=O) groups is 2. The molecule has 1 amide bonds. The Hall–Kier alpha value is -2.63. The maximum atomic E-state index is 12.6. The van der Waals surface area contributed by atoms with Crippen molar-refractivity contribution >= 4 is 38.9 Å². The lowest BCUT2D eigenvalue weighted by Crippen LogP contribution is -2.41. The molecule has 2 aromatic rings. The second-order valence-electron chi connectivity index (χ2n) is 7.25. The van der Waals surface area contributed by atoms with Gasteiger partial charge in [0.15, 0.2) is 17.6 Å². The fourth-order valence-electron chi connectivity index (χ4n) is 3.41. The fraction of sp³-hybridized carbons (Fsp3) is 0.400. The molecule has 4 rings (SSSR count). The Balaban J connectivity index is 1.28. The van der Waals surface area contributed by atoms with Crippen LogP contribution in [-0.2, 0) is 24.3 Å². The number of hydrogen-bond acceptors (Lipinski definition) is 8. The van der Waals surface area contributed by atoms with Crippen LogP contribution in [0.4, 0.5) is 5.69 Å². The minimum atomic E-state index is -3.53. The molecule has 11 heteroatoms. The van der Waals surface area contributed by atoms with Crippen LogP contribution in [0.1, 0.15) is 19.8 Å². The maximum absolute atomic E-state index is 12.6. The zero-order valence-corrected chi connectivity index (χ0v) is 18.4. The number of amides is 1. The van der Waals surface area contributed by atoms with E-state index in [1.165, 1.54) is 22.6 Å². The van der Waals surface area contributed by atoms with Gasteiger partial charge in [-0.1, -0.05) is 6.07 Å². The molecule has 1 atom stereocenters. The van der Waals surface area contributed by atoms with Crippen molar-refractivity contribution in [1.29, 1.82) is 0 Å². The normalized spacial score (nSPS) is 17.8. The molecular formula is C20H22N2O7S2. The van der Waals surface area contributed by atoms with Crippen LogP contribution < -0.4 is 14.8 Å². The van der Waals surface area contributed by atoms with Crippen LogP contribution in [0.25, 0.3) is 0 Å². The van der Waals surface area contributed by atoms with Gasteiger partial charge in [0, 0.05) is 24.8 Å². The van der Waals surface area contributed by atoms with Crippen molar-refractivity contribution in [2.75, 3.05) is 25.2 Å². The van der Waals surface area contributed by atoms with Crippen LogP contribution in [0.15, 0.2) is 39.9 Å². The van der Waals surface area contributed by atoms with Gasteiger partial charge in [0.25, 0.3) is 15.9 Å². The van der Waals surface area contributed by atoms with E-state index in [2.05, 4.69) is 5.32 Å². The summed E-state index contributed by atoms with van der Waals surface area (Å²) in [5, 5.41) is 4.40. The van der Waals surface area contributed by atoms with Gasteiger partial charge in [0.05, 0.1) is 5.92 Å². The third kappa shape index (κ3) is 4.68. The summed E-state index contributed by atoms with van der Waals surface area (Å²) in [5.41, 5.74) is 0.504. The van der Waals surface area contributed by atoms with Crippen molar-refractivity contribution in [3.05, 3.63) is 35.7 Å². The van der Waals surface area contributed by atoms with E-state index < -0.39 is 33.9 Å². The summed E-state index contributed by atoms with van der Waals surface area (Å²) in [6, 6.07) is 8.26. The Bertz CT molecular complexity index is 1060. The van der Waals surface area contributed by atoms with Gasteiger partial charge >= 0.3 is 5.97 Å². The van der Waals surface area contributed by atoms with Crippen LogP contribution in [0, 0.1) is 5.92 Å². The van der Waals surface area contributed by atoms with Gasteiger partial charge in [0.2, 0.25) is 6.79 Å². The zero-order chi connectivity index (χ0) is 22.0. The van der Waals surface area contributed by atoms with Gasteiger partial charge < -0.3 is 19.5 Å². The van der Waals surface area contributed by atoms with Gasteiger partial charge in [-0.15, -0.1) is 11.3 Å². The largest absolute Gasteiger partial charge is 0.454 e. The predicted octanol–water partition coefficient (Wildman–Crippen LogP) is 2.45. The molecule has 9 nitrogen and oxygen atoms in total. The summed E-state index contributed by atoms with van der Waals surface area (Å²) in [7, 11) is -3.53. The van der Waals surface area contributed by atoms with Crippen molar-refractivity contribution in [3.63, 3.8) is 0 Å². The van der Waals surface area contributed by atoms with E-state index in [1.54, 1.807) is 35.7 Å². The molecular weight excluding hydrogens is 444 g/mol. The third-order valence-corrected chi connectivity index (χ3v) is 8.45. The van der Waals surface area contributed by atoms with E-state index in [0.717, 1.165) is 0 Å². The summed E-state index contributed by atoms with van der Waals surface area (Å²) >= 11 is 1.17. The number of carbonyl (C=O) groups excluding carboxylic acids is 2. The highest BCUT2D eigenvalue weighted by Gasteiger charge is 2.34. The summed E-state index contributed by atoms with van der Waals surface area (Å²) in [4.78, 5) is 24.9. The zero-order valence-electron chi connectivity index (χ0n) is 16.8. The molecule has 0 spiro atoms. The molecule has 0 aliphatic carbocycles. The van der Waals surface area contributed by atoms with E-state index >= 15 is 0 Å². The molecule has 31 heavy (non-hydrogen) atoms. The first-order valence-corrected chi connectivity index (χ1v) is 12.1. The Morgan fingerprint density at radius 3 is 2.65 bits per heavy atom. The molecule has 3 heterocycles. The first-order chi connectivity index (χ1) is 14.8. The Morgan fingerprint density at radius 2 is 1.94 bits per heavy atom. The highest BCUT2D eigenvalue weighted by atomic mass is 32.2. The average molecular weight is 467 g/mol. The molecule has 0 radical (unpaired) electrons. The number of esters is 1. The number of sulfonamides is 1. The number of nitrogens with one attached hydrogen (secondary N) is 1. The van der Waals surface area contributed by atoms with E-state index in [-0.39, 0.29) is 19.9 Å². The molecule has 1 aromatic heterocycles. The minimum Gasteiger partial charge on any atom is -0.454 e. The van der Waals surface area contributed by atoms with Crippen molar-refractivity contribution in [3.8, 4) is 11.5 Å². The average Bonchev–Trinajstić information content (AvgIpc) is 3.45. The minimum absolute atomic E-state index is 0.133. The highest BCUT2D eigenvalue weighted by Crippen LogP contribution is 2.34. The standard InChI is InChI=1S/C20H22N2O7S2/c1-13(19(23)21-15-4-5-16-17(11-15)28-12-27-16)29-20(24)14-6-8-22(9-7-14)31(25,26)18-3-2-10-30-18/h2-5,10-11,13-14H,6-9,12H2,1H3,(H,21,23). The number of nitrogens with zero attached hydrogens (tertiary/aromatic N) is 1. The molecule has 1 fully saturated rings. The maximum Gasteiger partial charge on any atom is 0.309 e. The number of thiophene rings is 1. The monoisotopic (exact) mass is 466 g/mol. The van der Waals surface area contributed by atoms with E-state index in [4.69, 9.17) is 14.2 Å². The van der Waals surface area contributed by atoms with Crippen molar-refractivity contribution < 1.29 is 32.2 Å². The van der Waals surface area contributed by atoms with E-state index in [9.17, 15) is 18.0 Å². The summed E-state index contributed by atoms with van der Waals surface area (Å²) in [6.45, 7) is 2.10. The summed E-state index contributed by atoms with van der Waals surface area (Å²) < 4.78 is 42.7. The lowest BCUT2D eigenvalue weighted by Gasteiger charge is -2.30. The molecule has 1 N–H and O–H groups in total. The first-order valence-electron chi connectivity index (χ1n) is 9.79. The molecule has 0 saturated carbocycles. The third-order valence-electron chi connectivity index (χ3n) is 5.18. The summed E-state index contributed by atoms with van der Waals surface area (Å²) in [6.07, 6.45) is -0.300. The molecule has 0 bridgehead atoms. The number of piperidine rings is 1. The SMILES string of the molecule is CC(OC(=O)C1CCN(S(=O)(=O)c2cccs2)CC1)C(=O)Nc1ccc2c(c1)OCO2. The molecule has 166 valence electrons. The smallest absolute Gasteiger partial charge is 0.309 e. The number of anilines is 1. The predicted molar refractivity (Wildman–Crippen MR) is 113 cm³/mol. The number of fused-ring (bicyclic) bond motifs is 1. The molecule has 1 unspecified atom stereocenters. The van der Waals surface area contributed by atoms with Crippen molar-refractivity contribution in [2.45, 2.75) is 30.1 Å². The molecule has 2 aliphatic heterocycles. The van der Waals surface area contributed by atoms with Crippen molar-refractivity contribution in [1.82, 2.24) is 4.31 Å². The number of benzene rings is 1. The fourth-order valence-corrected chi connectivity index (χ4v) is 6.03. The second kappa shape index (κ2) is 8.85. The second-order valence-corrected chi connectivity index (χ2v) is 10.4. The van der Waals surface area contributed by atoms with Crippen LogP contribution in [-0.4, -0.2) is 50.6 Å². The van der Waals surface area contributed by atoms with Gasteiger partial charge in [-0.25, -0.2) is 8.42 Å². The first kappa shape index (κ1) is 21.6. The Kier molecular flexibility index (Phi) is 6.17. The van der Waals surface area contributed by atoms with Gasteiger partial charge in [-0.2, -0.15) is 4.31 Å². The molecule has 1 saturated heterocycles. The lowest BCUT2D eigenvalue weighted by atomic mass is 9.98. The van der Waals surface area contributed by atoms with Crippen LogP contribution in [0.5, 0.6) is 11.5 Å². The highest BCUT2D eigenvalue weighted by molar-refractivity contribution is 7.91. The number of hydrogen-bond donors (Lipinski definition) is 1. The van der Waals surface area contributed by atoms with E-state index in [0.29, 0.717) is 34.2 Å². The van der Waals surface area contributed by atoms with Crippen LogP contribution >= 0.6 is 11.3 Å². The summed E-state index contributed by atoms with van der Waals surface area (Å²) in [5.74, 6) is -0.279. The van der Waals surface area contributed by atoms with Gasteiger partial charge in [-0.05, 0) is 43.3 Å². The van der Waals surface area contributed by atoms with Crippen LogP contribution in [0.2, 0.25) is 0 Å². The lowest BCUT2D eigenvalue weighted by molar-refractivity contribution is -0.158. The Labute approximate surface area is 184 Å². The topological polar surface area (TPSA) is 111 Å². The van der Waals surface area contributed by atoms with E-state index in [1.807, 2.05) is 0 Å². The van der Waals surface area contributed by atoms with Gasteiger partial charge in [-0.3, -0.25) is 9.59 Å². The number of rotatable bonds is 6. The van der Waals surface area contributed by atoms with Crippen molar-refractivity contribution in [2.24, 2.45) is 5.92 Å². The quantitative estimate of drug-likeness (QED) is 0.651. The van der Waals surface area contributed by atoms with Crippen LogP contribution in [0.3, 0.4) is 0 Å².